The zero-order valence-electron chi connectivity index (χ0n) is 12.7. The lowest BCUT2D eigenvalue weighted by Crippen LogP contribution is -2.31. The molecule has 0 bridgehead atoms. The molecule has 2 rings (SSSR count). The molecule has 1 aliphatic rings. The first-order valence-corrected chi connectivity index (χ1v) is 7.46. The number of Topliss-reactive ketones (excluding diaryl/α,β-unsaturated/α-hetero) is 1. The van der Waals surface area contributed by atoms with E-state index in [1.54, 1.807) is 0 Å². The number of hydrogen-bond acceptors (Lipinski definition) is 2. The van der Waals surface area contributed by atoms with Crippen LogP contribution in [0.15, 0.2) is 6.07 Å². The Kier molecular flexibility index (Phi) is 4.12. The number of hydrogen-bond donors (Lipinski definition) is 0. The monoisotopic (exact) mass is 262 g/mol. The zero-order chi connectivity index (χ0) is 14.0. The van der Waals surface area contributed by atoms with E-state index in [1.165, 1.54) is 12.8 Å². The first kappa shape index (κ1) is 14.3. The van der Waals surface area contributed by atoms with Crippen LogP contribution in [0.3, 0.4) is 0 Å². The van der Waals surface area contributed by atoms with Crippen molar-refractivity contribution in [2.24, 2.45) is 18.4 Å². The topological polar surface area (TPSA) is 34.9 Å². The molecule has 0 atom stereocenters. The van der Waals surface area contributed by atoms with E-state index in [-0.39, 0.29) is 5.41 Å². The van der Waals surface area contributed by atoms with Gasteiger partial charge in [0.15, 0.2) is 0 Å². The van der Waals surface area contributed by atoms with Gasteiger partial charge >= 0.3 is 0 Å². The Labute approximate surface area is 116 Å². The lowest BCUT2D eigenvalue weighted by Gasteiger charge is -2.29. The fourth-order valence-corrected chi connectivity index (χ4v) is 3.61. The second-order valence-corrected chi connectivity index (χ2v) is 6.59. The summed E-state index contributed by atoms with van der Waals surface area (Å²) in [6.07, 6.45) is 6.18. The van der Waals surface area contributed by atoms with Crippen molar-refractivity contribution in [3.63, 3.8) is 0 Å². The summed E-state index contributed by atoms with van der Waals surface area (Å²) in [6, 6.07) is 2.04. The summed E-state index contributed by atoms with van der Waals surface area (Å²) in [5.41, 5.74) is 2.00. The fraction of sp³-hybridized carbons (Fsp3) is 0.750. The van der Waals surface area contributed by atoms with Crippen molar-refractivity contribution in [3.05, 3.63) is 17.5 Å². The standard InChI is InChI=1S/C16H26N2O/c1-12(2)11-16(7-5-6-8-16)15(19)10-14-9-13(3)17-18(14)4/h9,12H,5-8,10-11H2,1-4H3. The second-order valence-electron chi connectivity index (χ2n) is 6.59. The summed E-state index contributed by atoms with van der Waals surface area (Å²) in [6.45, 7) is 6.43. The minimum Gasteiger partial charge on any atom is -0.299 e. The van der Waals surface area contributed by atoms with Crippen LogP contribution in [0, 0.1) is 18.3 Å². The Morgan fingerprint density at radius 3 is 2.53 bits per heavy atom. The van der Waals surface area contributed by atoms with Crippen molar-refractivity contribution in [2.75, 3.05) is 0 Å². The molecule has 0 aromatic carbocycles. The van der Waals surface area contributed by atoms with Gasteiger partial charge in [0.25, 0.3) is 0 Å². The molecule has 1 saturated carbocycles. The molecule has 0 N–H and O–H groups in total. The van der Waals surface area contributed by atoms with Gasteiger partial charge in [0.2, 0.25) is 0 Å². The molecule has 0 radical (unpaired) electrons. The number of carbonyl (C=O) groups excluding carboxylic acids is 1. The first-order valence-electron chi connectivity index (χ1n) is 7.46. The van der Waals surface area contributed by atoms with E-state index in [1.807, 2.05) is 24.7 Å². The van der Waals surface area contributed by atoms with Gasteiger partial charge in [-0.05, 0) is 38.2 Å². The summed E-state index contributed by atoms with van der Waals surface area (Å²) < 4.78 is 1.85. The summed E-state index contributed by atoms with van der Waals surface area (Å²) in [5.74, 6) is 1.03. The quantitative estimate of drug-likeness (QED) is 0.814. The third-order valence-corrected chi connectivity index (χ3v) is 4.39. The van der Waals surface area contributed by atoms with Crippen LogP contribution in [0.2, 0.25) is 0 Å². The summed E-state index contributed by atoms with van der Waals surface area (Å²) in [7, 11) is 1.93. The van der Waals surface area contributed by atoms with E-state index >= 15 is 0 Å². The van der Waals surface area contributed by atoms with Gasteiger partial charge in [0, 0.05) is 24.6 Å². The van der Waals surface area contributed by atoms with E-state index < -0.39 is 0 Å². The molecule has 106 valence electrons. The normalized spacial score (nSPS) is 18.2. The highest BCUT2D eigenvalue weighted by molar-refractivity contribution is 5.86. The average Bonchev–Trinajstić information content (AvgIpc) is 2.87. The molecule has 1 aromatic heterocycles. The predicted molar refractivity (Wildman–Crippen MR) is 77.0 cm³/mol. The molecule has 1 aromatic rings. The Balaban J connectivity index is 2.14. The molecule has 1 fully saturated rings. The molecule has 0 amide bonds. The maximum absolute atomic E-state index is 12.8. The molecule has 0 spiro atoms. The number of ketones is 1. The van der Waals surface area contributed by atoms with Gasteiger partial charge in [0.05, 0.1) is 5.69 Å². The fourth-order valence-electron chi connectivity index (χ4n) is 3.61. The Morgan fingerprint density at radius 2 is 2.05 bits per heavy atom. The average molecular weight is 262 g/mol. The number of carbonyl (C=O) groups is 1. The Hall–Kier alpha value is -1.12. The molecular weight excluding hydrogens is 236 g/mol. The van der Waals surface area contributed by atoms with Crippen LogP contribution < -0.4 is 0 Å². The number of nitrogens with zero attached hydrogens (tertiary/aromatic N) is 2. The smallest absolute Gasteiger partial charge is 0.144 e. The summed E-state index contributed by atoms with van der Waals surface area (Å²) in [5, 5.41) is 4.34. The highest BCUT2D eigenvalue weighted by atomic mass is 16.1. The predicted octanol–water partition coefficient (Wildman–Crippen LogP) is 3.45. The molecule has 3 heteroatoms. The molecular formula is C16H26N2O. The third kappa shape index (κ3) is 3.07. The Bertz CT molecular complexity index is 453. The van der Waals surface area contributed by atoms with Crippen molar-refractivity contribution < 1.29 is 4.79 Å². The summed E-state index contributed by atoms with van der Waals surface area (Å²) in [4.78, 5) is 12.8. The van der Waals surface area contributed by atoms with E-state index in [0.717, 1.165) is 30.7 Å². The molecule has 1 aliphatic carbocycles. The van der Waals surface area contributed by atoms with Gasteiger partial charge in [-0.1, -0.05) is 26.7 Å². The number of aromatic nitrogens is 2. The second kappa shape index (κ2) is 5.48. The minimum absolute atomic E-state index is 0.0493. The van der Waals surface area contributed by atoms with Gasteiger partial charge in [0.1, 0.15) is 5.78 Å². The van der Waals surface area contributed by atoms with Crippen LogP contribution in [0.5, 0.6) is 0 Å². The van der Waals surface area contributed by atoms with Gasteiger partial charge in [-0.25, -0.2) is 0 Å². The van der Waals surface area contributed by atoms with Crippen molar-refractivity contribution in [3.8, 4) is 0 Å². The van der Waals surface area contributed by atoms with Gasteiger partial charge in [-0.3, -0.25) is 9.48 Å². The van der Waals surface area contributed by atoms with Crippen molar-refractivity contribution in [2.45, 2.75) is 59.3 Å². The van der Waals surface area contributed by atoms with Gasteiger partial charge < -0.3 is 0 Å². The van der Waals surface area contributed by atoms with Gasteiger partial charge in [-0.15, -0.1) is 0 Å². The van der Waals surface area contributed by atoms with E-state index in [4.69, 9.17) is 0 Å². The van der Waals surface area contributed by atoms with Crippen LogP contribution in [0.1, 0.15) is 57.3 Å². The molecule has 1 heterocycles. The van der Waals surface area contributed by atoms with Gasteiger partial charge in [-0.2, -0.15) is 5.10 Å². The van der Waals surface area contributed by atoms with Crippen molar-refractivity contribution in [1.82, 2.24) is 9.78 Å². The van der Waals surface area contributed by atoms with E-state index in [2.05, 4.69) is 18.9 Å². The molecule has 0 aliphatic heterocycles. The maximum atomic E-state index is 12.8. The Morgan fingerprint density at radius 1 is 1.42 bits per heavy atom. The van der Waals surface area contributed by atoms with Crippen LogP contribution in [0.4, 0.5) is 0 Å². The maximum Gasteiger partial charge on any atom is 0.144 e. The number of aryl methyl sites for hydroxylation is 2. The first-order chi connectivity index (χ1) is 8.93. The van der Waals surface area contributed by atoms with E-state index in [9.17, 15) is 4.79 Å². The highest BCUT2D eigenvalue weighted by Gasteiger charge is 2.40. The molecule has 0 saturated heterocycles. The van der Waals surface area contributed by atoms with Crippen LogP contribution in [0.25, 0.3) is 0 Å². The lowest BCUT2D eigenvalue weighted by atomic mass is 9.74. The largest absolute Gasteiger partial charge is 0.299 e. The lowest BCUT2D eigenvalue weighted by molar-refractivity contribution is -0.128. The third-order valence-electron chi connectivity index (χ3n) is 4.39. The van der Waals surface area contributed by atoms with Crippen LogP contribution in [-0.4, -0.2) is 15.6 Å². The van der Waals surface area contributed by atoms with E-state index in [0.29, 0.717) is 18.1 Å². The van der Waals surface area contributed by atoms with Crippen LogP contribution in [-0.2, 0) is 18.3 Å². The highest BCUT2D eigenvalue weighted by Crippen LogP contribution is 2.44. The van der Waals surface area contributed by atoms with Crippen molar-refractivity contribution in [1.29, 1.82) is 0 Å². The SMILES string of the molecule is Cc1cc(CC(=O)C2(CC(C)C)CCCC2)n(C)n1. The molecule has 0 unspecified atom stereocenters. The van der Waals surface area contributed by atoms with Crippen LogP contribution >= 0.6 is 0 Å². The molecule has 19 heavy (non-hydrogen) atoms. The van der Waals surface area contributed by atoms with Crippen molar-refractivity contribution >= 4 is 5.78 Å². The number of rotatable bonds is 5. The minimum atomic E-state index is -0.0493. The molecule has 3 nitrogen and oxygen atoms in total. The zero-order valence-corrected chi connectivity index (χ0v) is 12.7. The summed E-state index contributed by atoms with van der Waals surface area (Å²) >= 11 is 0.